The van der Waals surface area contributed by atoms with Gasteiger partial charge in [0, 0.05) is 17.2 Å². The van der Waals surface area contributed by atoms with Crippen LogP contribution in [0.4, 0.5) is 4.79 Å². The lowest BCUT2D eigenvalue weighted by molar-refractivity contribution is -0.155. The summed E-state index contributed by atoms with van der Waals surface area (Å²) in [5.74, 6) is 0.102. The summed E-state index contributed by atoms with van der Waals surface area (Å²) >= 11 is 1.53. The summed E-state index contributed by atoms with van der Waals surface area (Å²) in [4.78, 5) is 26.9. The quantitative estimate of drug-likeness (QED) is 0.532. The minimum Gasteiger partial charge on any atom is -0.459 e. The molecule has 1 amide bonds. The monoisotopic (exact) mass is 392 g/mol. The van der Waals surface area contributed by atoms with Gasteiger partial charge in [-0.05, 0) is 65.8 Å². The topological polar surface area (TPSA) is 79.6 Å². The van der Waals surface area contributed by atoms with Gasteiger partial charge in [-0.2, -0.15) is 5.26 Å². The molecule has 1 aromatic carbocycles. The number of nitrogens with zero attached hydrogens (tertiary/aromatic N) is 2. The molecule has 0 bridgehead atoms. The molecule has 0 unspecified atom stereocenters. The molecule has 0 aliphatic rings. The fourth-order valence-electron chi connectivity index (χ4n) is 1.99. The number of amides is 1. The highest BCUT2D eigenvalue weighted by atomic mass is 32.2. The Morgan fingerprint density at radius 3 is 2.07 bits per heavy atom. The minimum atomic E-state index is -0.649. The van der Waals surface area contributed by atoms with E-state index in [-0.39, 0.29) is 6.54 Å². The maximum absolute atomic E-state index is 12.4. The van der Waals surface area contributed by atoms with Crippen LogP contribution >= 0.6 is 11.8 Å². The number of hydrogen-bond donors (Lipinski definition) is 0. The van der Waals surface area contributed by atoms with Gasteiger partial charge in [-0.3, -0.25) is 9.69 Å². The molecule has 0 spiro atoms. The second kappa shape index (κ2) is 9.65. The lowest BCUT2D eigenvalue weighted by Gasteiger charge is -2.28. The third-order valence-corrected chi connectivity index (χ3v) is 4.00. The summed E-state index contributed by atoms with van der Waals surface area (Å²) in [6.45, 7) is 10.8. The van der Waals surface area contributed by atoms with Crippen LogP contribution in [0.15, 0.2) is 29.2 Å². The molecule has 0 aromatic heterocycles. The van der Waals surface area contributed by atoms with Crippen molar-refractivity contribution in [1.29, 1.82) is 5.26 Å². The zero-order chi connectivity index (χ0) is 20.7. The van der Waals surface area contributed by atoms with E-state index < -0.39 is 23.3 Å². The molecule has 0 saturated carbocycles. The Kier molecular flexibility index (Phi) is 8.17. The molecule has 0 atom stereocenters. The smallest absolute Gasteiger partial charge is 0.410 e. The average molecular weight is 393 g/mol. The molecule has 6 nitrogen and oxygen atoms in total. The molecule has 7 heteroatoms. The molecule has 0 fully saturated rings. The summed E-state index contributed by atoms with van der Waals surface area (Å²) in [7, 11) is 0. The number of esters is 1. The summed E-state index contributed by atoms with van der Waals surface area (Å²) in [6.07, 6.45) is -0.547. The summed E-state index contributed by atoms with van der Waals surface area (Å²) in [5, 5.41) is 8.84. The van der Waals surface area contributed by atoms with Crippen LogP contribution in [0.1, 0.15) is 47.1 Å². The number of carbonyl (C=O) groups is 2. The normalized spacial score (nSPS) is 11.4. The van der Waals surface area contributed by atoms with Crippen molar-refractivity contribution in [2.75, 3.05) is 18.8 Å². The number of benzene rings is 1. The third-order valence-electron chi connectivity index (χ3n) is 3.01. The van der Waals surface area contributed by atoms with Crippen LogP contribution in [-0.4, -0.2) is 47.0 Å². The lowest BCUT2D eigenvalue weighted by atomic mass is 10.2. The van der Waals surface area contributed by atoms with Crippen molar-refractivity contribution in [2.24, 2.45) is 0 Å². The molecule has 27 heavy (non-hydrogen) atoms. The van der Waals surface area contributed by atoms with Crippen LogP contribution in [0.3, 0.4) is 0 Å². The van der Waals surface area contributed by atoms with E-state index >= 15 is 0 Å². The number of thioether (sulfide) groups is 1. The van der Waals surface area contributed by atoms with Gasteiger partial charge in [0.05, 0.1) is 11.6 Å². The summed E-state index contributed by atoms with van der Waals surface area (Å²) in [5.41, 5.74) is -0.670. The number of ether oxygens (including phenoxy) is 2. The van der Waals surface area contributed by atoms with E-state index in [1.807, 2.05) is 12.1 Å². The van der Waals surface area contributed by atoms with Crippen molar-refractivity contribution in [3.05, 3.63) is 29.8 Å². The van der Waals surface area contributed by atoms with Crippen molar-refractivity contribution < 1.29 is 19.1 Å². The van der Waals surface area contributed by atoms with Gasteiger partial charge in [-0.25, -0.2) is 4.79 Å². The SMILES string of the molecule is CC(C)(C)OC(=O)CN(CCSc1ccc(C#N)cc1)C(=O)OC(C)(C)C. The van der Waals surface area contributed by atoms with Gasteiger partial charge in [-0.15, -0.1) is 11.8 Å². The van der Waals surface area contributed by atoms with E-state index in [1.165, 1.54) is 16.7 Å². The zero-order valence-electron chi connectivity index (χ0n) is 16.9. The van der Waals surface area contributed by atoms with E-state index in [9.17, 15) is 9.59 Å². The molecular formula is C20H28N2O4S. The first-order chi connectivity index (χ1) is 12.4. The minimum absolute atomic E-state index is 0.167. The van der Waals surface area contributed by atoms with Gasteiger partial charge in [0.25, 0.3) is 0 Å². The molecule has 0 saturated heterocycles. The highest BCUT2D eigenvalue weighted by molar-refractivity contribution is 7.99. The summed E-state index contributed by atoms with van der Waals surface area (Å²) in [6, 6.07) is 9.28. The van der Waals surface area contributed by atoms with Crippen LogP contribution in [0, 0.1) is 11.3 Å². The van der Waals surface area contributed by atoms with Gasteiger partial charge in [0.15, 0.2) is 0 Å². The van der Waals surface area contributed by atoms with E-state index in [0.29, 0.717) is 17.9 Å². The molecule has 1 rings (SSSR count). The molecule has 0 N–H and O–H groups in total. The van der Waals surface area contributed by atoms with Crippen molar-refractivity contribution in [3.8, 4) is 6.07 Å². The van der Waals surface area contributed by atoms with Crippen molar-refractivity contribution >= 4 is 23.8 Å². The second-order valence-electron chi connectivity index (χ2n) is 7.97. The van der Waals surface area contributed by atoms with Crippen LogP contribution < -0.4 is 0 Å². The first kappa shape index (κ1) is 22.8. The average Bonchev–Trinajstić information content (AvgIpc) is 2.51. The van der Waals surface area contributed by atoms with E-state index in [0.717, 1.165) is 4.90 Å². The highest BCUT2D eigenvalue weighted by Crippen LogP contribution is 2.19. The predicted octanol–water partition coefficient (Wildman–Crippen LogP) is 4.23. The number of rotatable bonds is 6. The fourth-order valence-corrected chi connectivity index (χ4v) is 2.87. The van der Waals surface area contributed by atoms with Gasteiger partial charge in [0.2, 0.25) is 0 Å². The van der Waals surface area contributed by atoms with Gasteiger partial charge < -0.3 is 9.47 Å². The number of nitriles is 1. The maximum Gasteiger partial charge on any atom is 0.410 e. The van der Waals surface area contributed by atoms with Crippen molar-refractivity contribution in [2.45, 2.75) is 57.6 Å². The van der Waals surface area contributed by atoms with Crippen LogP contribution in [0.2, 0.25) is 0 Å². The van der Waals surface area contributed by atoms with Crippen LogP contribution in [-0.2, 0) is 14.3 Å². The highest BCUT2D eigenvalue weighted by Gasteiger charge is 2.26. The number of hydrogen-bond acceptors (Lipinski definition) is 6. The van der Waals surface area contributed by atoms with Gasteiger partial charge in [-0.1, -0.05) is 0 Å². The largest absolute Gasteiger partial charge is 0.459 e. The lowest BCUT2D eigenvalue weighted by Crippen LogP contribution is -2.42. The van der Waals surface area contributed by atoms with E-state index in [4.69, 9.17) is 14.7 Å². The van der Waals surface area contributed by atoms with Gasteiger partial charge >= 0.3 is 12.1 Å². The first-order valence-electron chi connectivity index (χ1n) is 8.72. The first-order valence-corrected chi connectivity index (χ1v) is 9.71. The van der Waals surface area contributed by atoms with Crippen LogP contribution in [0.5, 0.6) is 0 Å². The Labute approximate surface area is 165 Å². The third kappa shape index (κ3) is 9.90. The second-order valence-corrected chi connectivity index (χ2v) is 9.14. The van der Waals surface area contributed by atoms with Crippen molar-refractivity contribution in [3.63, 3.8) is 0 Å². The fraction of sp³-hybridized carbons (Fsp3) is 0.550. The summed E-state index contributed by atoms with van der Waals surface area (Å²) < 4.78 is 10.7. The Morgan fingerprint density at radius 2 is 1.59 bits per heavy atom. The molecular weight excluding hydrogens is 364 g/mol. The molecule has 0 aliphatic carbocycles. The Morgan fingerprint density at radius 1 is 1.04 bits per heavy atom. The molecule has 0 aliphatic heterocycles. The Balaban J connectivity index is 2.70. The standard InChI is InChI=1S/C20H28N2O4S/c1-19(2,3)25-17(23)14-22(18(24)26-20(4,5)6)11-12-27-16-9-7-15(13-21)8-10-16/h7-10H,11-12,14H2,1-6H3. The maximum atomic E-state index is 12.4. The predicted molar refractivity (Wildman–Crippen MR) is 106 cm³/mol. The van der Waals surface area contributed by atoms with Gasteiger partial charge in [0.1, 0.15) is 17.7 Å². The van der Waals surface area contributed by atoms with E-state index in [2.05, 4.69) is 6.07 Å². The zero-order valence-corrected chi connectivity index (χ0v) is 17.7. The molecule has 0 heterocycles. The molecule has 0 radical (unpaired) electrons. The number of carbonyl (C=O) groups excluding carboxylic acids is 2. The molecule has 148 valence electrons. The van der Waals surface area contributed by atoms with E-state index in [1.54, 1.807) is 53.7 Å². The van der Waals surface area contributed by atoms with Crippen molar-refractivity contribution in [1.82, 2.24) is 4.90 Å². The molecule has 1 aromatic rings. The Hall–Kier alpha value is -2.20. The Bertz CT molecular complexity index is 682. The van der Waals surface area contributed by atoms with Crippen LogP contribution in [0.25, 0.3) is 0 Å².